The first-order chi connectivity index (χ1) is 10.1. The van der Waals surface area contributed by atoms with E-state index in [4.69, 9.17) is 9.15 Å². The number of nitrogens with one attached hydrogen (secondary N) is 1. The molecule has 1 aromatic carbocycles. The van der Waals surface area contributed by atoms with Crippen molar-refractivity contribution in [2.24, 2.45) is 0 Å². The molecule has 0 aliphatic heterocycles. The van der Waals surface area contributed by atoms with Gasteiger partial charge in [0.2, 0.25) is 0 Å². The maximum atomic E-state index is 5.67. The number of benzene rings is 1. The summed E-state index contributed by atoms with van der Waals surface area (Å²) in [5, 5.41) is 3.58. The predicted octanol–water partition coefficient (Wildman–Crippen LogP) is 4.76. The van der Waals surface area contributed by atoms with Gasteiger partial charge in [0, 0.05) is 11.1 Å². The molecule has 21 heavy (non-hydrogen) atoms. The van der Waals surface area contributed by atoms with Crippen molar-refractivity contribution in [1.29, 1.82) is 0 Å². The minimum Gasteiger partial charge on any atom is -0.496 e. The molecule has 0 aliphatic carbocycles. The summed E-state index contributed by atoms with van der Waals surface area (Å²) >= 11 is 3.49. The highest BCUT2D eigenvalue weighted by molar-refractivity contribution is 9.10. The van der Waals surface area contributed by atoms with E-state index < -0.39 is 0 Å². The molecule has 0 saturated carbocycles. The summed E-state index contributed by atoms with van der Waals surface area (Å²) in [7, 11) is 1.73. The van der Waals surface area contributed by atoms with Crippen molar-refractivity contribution in [1.82, 2.24) is 5.32 Å². The Morgan fingerprint density at radius 1 is 1.24 bits per heavy atom. The number of hydrogen-bond donors (Lipinski definition) is 1. The van der Waals surface area contributed by atoms with Gasteiger partial charge in [-0.15, -0.1) is 0 Å². The lowest BCUT2D eigenvalue weighted by atomic mass is 9.95. The molecule has 0 spiro atoms. The van der Waals surface area contributed by atoms with Gasteiger partial charge in [-0.25, -0.2) is 0 Å². The molecule has 0 amide bonds. The van der Waals surface area contributed by atoms with Crippen LogP contribution in [0.2, 0.25) is 0 Å². The molecular weight excluding hydrogens is 330 g/mol. The Balaban J connectivity index is 2.51. The molecular formula is C17H22BrNO2. The van der Waals surface area contributed by atoms with E-state index in [0.29, 0.717) is 0 Å². The Hall–Kier alpha value is -1.26. The van der Waals surface area contributed by atoms with Crippen LogP contribution in [0.4, 0.5) is 0 Å². The van der Waals surface area contributed by atoms with E-state index in [1.807, 2.05) is 6.07 Å². The van der Waals surface area contributed by atoms with E-state index in [1.54, 1.807) is 13.4 Å². The van der Waals surface area contributed by atoms with Gasteiger partial charge in [0.1, 0.15) is 5.75 Å². The zero-order chi connectivity index (χ0) is 15.4. The van der Waals surface area contributed by atoms with Crippen LogP contribution in [-0.2, 0) is 0 Å². The number of halogens is 1. The van der Waals surface area contributed by atoms with Crippen LogP contribution in [0.3, 0.4) is 0 Å². The van der Waals surface area contributed by atoms with Gasteiger partial charge in [-0.3, -0.25) is 0 Å². The van der Waals surface area contributed by atoms with Crippen LogP contribution in [0, 0.1) is 13.8 Å². The summed E-state index contributed by atoms with van der Waals surface area (Å²) in [5.74, 6) is 0.941. The van der Waals surface area contributed by atoms with Crippen molar-refractivity contribution in [2.75, 3.05) is 13.7 Å². The predicted molar refractivity (Wildman–Crippen MR) is 89.0 cm³/mol. The lowest BCUT2D eigenvalue weighted by molar-refractivity contribution is 0.399. The quantitative estimate of drug-likeness (QED) is 0.814. The highest BCUT2D eigenvalue weighted by Gasteiger charge is 2.23. The fraction of sp³-hybridized carbons (Fsp3) is 0.412. The zero-order valence-electron chi connectivity index (χ0n) is 13.0. The molecule has 0 radical (unpaired) electrons. The molecule has 1 atom stereocenters. The van der Waals surface area contributed by atoms with Crippen LogP contribution >= 0.6 is 15.9 Å². The summed E-state index contributed by atoms with van der Waals surface area (Å²) in [6, 6.07) is 6.31. The molecule has 1 unspecified atom stereocenters. The van der Waals surface area contributed by atoms with Crippen molar-refractivity contribution >= 4 is 15.9 Å². The number of furan rings is 1. The lowest BCUT2D eigenvalue weighted by Crippen LogP contribution is -2.24. The van der Waals surface area contributed by atoms with E-state index in [0.717, 1.165) is 34.5 Å². The minimum atomic E-state index is 0.0484. The molecule has 4 heteroatoms. The molecule has 0 fully saturated rings. The molecule has 2 rings (SSSR count). The average Bonchev–Trinajstić information content (AvgIpc) is 2.89. The number of rotatable bonds is 6. The van der Waals surface area contributed by atoms with Gasteiger partial charge in [0.15, 0.2) is 4.67 Å². The Labute approximate surface area is 134 Å². The summed E-state index contributed by atoms with van der Waals surface area (Å²) in [4.78, 5) is 0. The molecule has 2 aromatic rings. The van der Waals surface area contributed by atoms with Crippen LogP contribution in [0.25, 0.3) is 0 Å². The lowest BCUT2D eigenvalue weighted by Gasteiger charge is -2.22. The summed E-state index contributed by atoms with van der Waals surface area (Å²) in [5.41, 5.74) is 4.63. The topological polar surface area (TPSA) is 34.4 Å². The fourth-order valence-corrected chi connectivity index (χ4v) is 2.96. The van der Waals surface area contributed by atoms with Crippen molar-refractivity contribution in [2.45, 2.75) is 33.2 Å². The first-order valence-corrected chi connectivity index (χ1v) is 7.99. The minimum absolute atomic E-state index is 0.0484. The molecule has 1 N–H and O–H groups in total. The Morgan fingerprint density at radius 3 is 2.57 bits per heavy atom. The van der Waals surface area contributed by atoms with Crippen molar-refractivity contribution in [3.05, 3.63) is 51.4 Å². The third kappa shape index (κ3) is 3.33. The molecule has 1 aromatic heterocycles. The van der Waals surface area contributed by atoms with Crippen LogP contribution in [-0.4, -0.2) is 13.7 Å². The molecule has 0 aliphatic rings. The Bertz CT molecular complexity index is 607. The molecule has 1 heterocycles. The number of hydrogen-bond acceptors (Lipinski definition) is 3. The normalized spacial score (nSPS) is 12.4. The van der Waals surface area contributed by atoms with E-state index >= 15 is 0 Å². The highest BCUT2D eigenvalue weighted by atomic mass is 79.9. The fourth-order valence-electron chi connectivity index (χ4n) is 2.50. The van der Waals surface area contributed by atoms with Gasteiger partial charge >= 0.3 is 0 Å². The third-order valence-corrected chi connectivity index (χ3v) is 4.42. The van der Waals surface area contributed by atoms with Crippen molar-refractivity contribution in [3.8, 4) is 5.75 Å². The van der Waals surface area contributed by atoms with Gasteiger partial charge in [-0.05, 0) is 59.9 Å². The maximum absolute atomic E-state index is 5.67. The number of aryl methyl sites for hydroxylation is 1. The largest absolute Gasteiger partial charge is 0.496 e. The van der Waals surface area contributed by atoms with Gasteiger partial charge in [-0.2, -0.15) is 0 Å². The van der Waals surface area contributed by atoms with E-state index in [9.17, 15) is 0 Å². The van der Waals surface area contributed by atoms with Crippen LogP contribution < -0.4 is 10.1 Å². The first kappa shape index (κ1) is 16.1. The van der Waals surface area contributed by atoms with E-state index in [1.165, 1.54) is 11.1 Å². The summed E-state index contributed by atoms with van der Waals surface area (Å²) in [6.45, 7) is 7.29. The van der Waals surface area contributed by atoms with Crippen LogP contribution in [0.15, 0.2) is 33.5 Å². The molecule has 114 valence electrons. The van der Waals surface area contributed by atoms with Crippen LogP contribution in [0.5, 0.6) is 5.75 Å². The van der Waals surface area contributed by atoms with Crippen molar-refractivity contribution < 1.29 is 9.15 Å². The first-order valence-electron chi connectivity index (χ1n) is 7.20. The van der Waals surface area contributed by atoms with E-state index in [2.05, 4.69) is 54.2 Å². The van der Waals surface area contributed by atoms with Gasteiger partial charge in [-0.1, -0.05) is 19.1 Å². The standard InChI is InChI=1S/C17H22BrNO2/c1-5-9-19-15(14-8-10-21-17(14)18)13-7-6-11(2)12(3)16(13)20-4/h6-8,10,15,19H,5,9H2,1-4H3. The highest BCUT2D eigenvalue weighted by Crippen LogP contribution is 2.37. The second-order valence-corrected chi connectivity index (χ2v) is 5.89. The Kier molecular flexibility index (Phi) is 5.48. The molecule has 0 bridgehead atoms. The second kappa shape index (κ2) is 7.14. The van der Waals surface area contributed by atoms with Gasteiger partial charge < -0.3 is 14.5 Å². The third-order valence-electron chi connectivity index (χ3n) is 3.78. The maximum Gasteiger partial charge on any atom is 0.174 e. The summed E-state index contributed by atoms with van der Waals surface area (Å²) in [6.07, 6.45) is 2.77. The van der Waals surface area contributed by atoms with Gasteiger partial charge in [0.25, 0.3) is 0 Å². The van der Waals surface area contributed by atoms with Crippen LogP contribution in [0.1, 0.15) is 41.6 Å². The SMILES string of the molecule is CCCNC(c1ccoc1Br)c1ccc(C)c(C)c1OC. The number of ether oxygens (including phenoxy) is 1. The molecule has 0 saturated heterocycles. The number of methoxy groups -OCH3 is 1. The van der Waals surface area contributed by atoms with Gasteiger partial charge in [0.05, 0.1) is 19.4 Å². The second-order valence-electron chi connectivity index (χ2n) is 5.17. The average molecular weight is 352 g/mol. The van der Waals surface area contributed by atoms with Crippen molar-refractivity contribution in [3.63, 3.8) is 0 Å². The molecule has 3 nitrogen and oxygen atoms in total. The zero-order valence-corrected chi connectivity index (χ0v) is 14.6. The summed E-state index contributed by atoms with van der Waals surface area (Å²) < 4.78 is 11.8. The van der Waals surface area contributed by atoms with E-state index in [-0.39, 0.29) is 6.04 Å². The monoisotopic (exact) mass is 351 g/mol. The Morgan fingerprint density at radius 2 is 2.00 bits per heavy atom. The smallest absolute Gasteiger partial charge is 0.174 e.